The Morgan fingerprint density at radius 3 is 1.82 bits per heavy atom. The minimum absolute atomic E-state index is 0.0776. The predicted molar refractivity (Wildman–Crippen MR) is 74.8 cm³/mol. The first-order valence-corrected chi connectivity index (χ1v) is 6.14. The second-order valence-corrected chi connectivity index (χ2v) is 3.12. The van der Waals surface area contributed by atoms with Crippen molar-refractivity contribution in [2.24, 2.45) is 5.73 Å². The first-order valence-electron chi connectivity index (χ1n) is 6.14. The molecular formula is C14H26N2O. The van der Waals surface area contributed by atoms with Crippen molar-refractivity contribution in [2.75, 3.05) is 14.1 Å². The Balaban J connectivity index is 0. The predicted octanol–water partition coefficient (Wildman–Crippen LogP) is 2.83. The van der Waals surface area contributed by atoms with E-state index < -0.39 is 6.04 Å². The van der Waals surface area contributed by atoms with E-state index in [1.807, 2.05) is 58.0 Å². The fraction of sp³-hybridized carbons (Fsp3) is 0.500. The highest BCUT2D eigenvalue weighted by Crippen LogP contribution is 2.10. The monoisotopic (exact) mass is 238 g/mol. The maximum absolute atomic E-state index is 11.4. The van der Waals surface area contributed by atoms with E-state index >= 15 is 0 Å². The van der Waals surface area contributed by atoms with E-state index in [1.165, 1.54) is 4.90 Å². The molecule has 1 aromatic carbocycles. The quantitative estimate of drug-likeness (QED) is 0.861. The van der Waals surface area contributed by atoms with Crippen molar-refractivity contribution in [3.05, 3.63) is 35.9 Å². The lowest BCUT2D eigenvalue weighted by molar-refractivity contribution is -0.130. The van der Waals surface area contributed by atoms with Gasteiger partial charge in [0.05, 0.1) is 0 Å². The van der Waals surface area contributed by atoms with Gasteiger partial charge in [0.15, 0.2) is 0 Å². The number of hydrogen-bond acceptors (Lipinski definition) is 2. The van der Waals surface area contributed by atoms with Crippen molar-refractivity contribution in [1.82, 2.24) is 4.90 Å². The summed E-state index contributed by atoms with van der Waals surface area (Å²) in [6, 6.07) is 8.81. The minimum atomic E-state index is -0.545. The average Bonchev–Trinajstić information content (AvgIpc) is 2.42. The van der Waals surface area contributed by atoms with E-state index in [-0.39, 0.29) is 5.91 Å². The Kier molecular flexibility index (Phi) is 11.8. The molecule has 1 amide bonds. The highest BCUT2D eigenvalue weighted by atomic mass is 16.2. The summed E-state index contributed by atoms with van der Waals surface area (Å²) < 4.78 is 0. The van der Waals surface area contributed by atoms with E-state index in [4.69, 9.17) is 5.73 Å². The Hall–Kier alpha value is -1.35. The van der Waals surface area contributed by atoms with Crippen LogP contribution < -0.4 is 5.73 Å². The van der Waals surface area contributed by atoms with Gasteiger partial charge in [-0.25, -0.2) is 0 Å². The van der Waals surface area contributed by atoms with E-state index in [2.05, 4.69) is 0 Å². The van der Waals surface area contributed by atoms with Crippen molar-refractivity contribution >= 4 is 5.91 Å². The van der Waals surface area contributed by atoms with Crippen molar-refractivity contribution in [2.45, 2.75) is 33.7 Å². The summed E-state index contributed by atoms with van der Waals surface area (Å²) in [6.45, 7) is 8.00. The Morgan fingerprint density at radius 1 is 1.06 bits per heavy atom. The van der Waals surface area contributed by atoms with Gasteiger partial charge in [0.2, 0.25) is 5.91 Å². The van der Waals surface area contributed by atoms with Gasteiger partial charge >= 0.3 is 0 Å². The molecule has 3 nitrogen and oxygen atoms in total. The molecule has 0 saturated heterocycles. The normalized spacial score (nSPS) is 10.1. The second kappa shape index (κ2) is 11.1. The first-order chi connectivity index (χ1) is 8.13. The van der Waals surface area contributed by atoms with E-state index in [0.29, 0.717) is 0 Å². The molecule has 0 heterocycles. The van der Waals surface area contributed by atoms with Crippen molar-refractivity contribution in [3.8, 4) is 0 Å². The molecule has 1 rings (SSSR count). The van der Waals surface area contributed by atoms with Crippen LogP contribution in [0.5, 0.6) is 0 Å². The van der Waals surface area contributed by atoms with Gasteiger partial charge in [-0.3, -0.25) is 4.79 Å². The summed E-state index contributed by atoms with van der Waals surface area (Å²) in [7, 11) is 3.40. The Labute approximate surface area is 106 Å². The number of rotatable bonds is 2. The number of benzene rings is 1. The van der Waals surface area contributed by atoms with Crippen LogP contribution in [0.3, 0.4) is 0 Å². The maximum Gasteiger partial charge on any atom is 0.243 e. The lowest BCUT2D eigenvalue weighted by Crippen LogP contribution is -2.33. The Bertz CT molecular complexity index is 284. The zero-order valence-corrected chi connectivity index (χ0v) is 11.9. The van der Waals surface area contributed by atoms with E-state index in [9.17, 15) is 4.79 Å². The van der Waals surface area contributed by atoms with Crippen LogP contribution in [0.15, 0.2) is 30.3 Å². The molecule has 1 atom stereocenters. The van der Waals surface area contributed by atoms with Gasteiger partial charge in [-0.05, 0) is 5.56 Å². The zero-order valence-electron chi connectivity index (χ0n) is 11.9. The molecule has 0 fully saturated rings. The fourth-order valence-corrected chi connectivity index (χ4v) is 1.08. The molecule has 0 aliphatic carbocycles. The number of carbonyl (C=O) groups is 1. The molecule has 3 heteroatoms. The Morgan fingerprint density at radius 2 is 1.47 bits per heavy atom. The van der Waals surface area contributed by atoms with Crippen LogP contribution in [0.4, 0.5) is 0 Å². The van der Waals surface area contributed by atoms with Gasteiger partial charge in [-0.1, -0.05) is 58.0 Å². The summed E-state index contributed by atoms with van der Waals surface area (Å²) in [5.41, 5.74) is 6.60. The average molecular weight is 238 g/mol. The number of hydrogen-bond donors (Lipinski definition) is 1. The highest BCUT2D eigenvalue weighted by molar-refractivity contribution is 5.82. The summed E-state index contributed by atoms with van der Waals surface area (Å²) in [5.74, 6) is -0.0776. The number of nitrogens with zero attached hydrogens (tertiary/aromatic N) is 1. The van der Waals surface area contributed by atoms with Gasteiger partial charge < -0.3 is 10.6 Å². The molecule has 0 aliphatic rings. The maximum atomic E-state index is 11.4. The number of nitrogens with two attached hydrogens (primary N) is 1. The van der Waals surface area contributed by atoms with Gasteiger partial charge in [0.1, 0.15) is 6.04 Å². The van der Waals surface area contributed by atoms with Crippen molar-refractivity contribution in [3.63, 3.8) is 0 Å². The molecule has 2 N–H and O–H groups in total. The molecule has 0 radical (unpaired) electrons. The highest BCUT2D eigenvalue weighted by Gasteiger charge is 2.16. The smallest absolute Gasteiger partial charge is 0.243 e. The van der Waals surface area contributed by atoms with Crippen LogP contribution in [0.2, 0.25) is 0 Å². The third kappa shape index (κ3) is 6.74. The van der Waals surface area contributed by atoms with Crippen LogP contribution in [0.1, 0.15) is 39.3 Å². The molecule has 0 aliphatic heterocycles. The molecule has 0 saturated carbocycles. The van der Waals surface area contributed by atoms with Crippen LogP contribution in [0, 0.1) is 0 Å². The van der Waals surface area contributed by atoms with Crippen molar-refractivity contribution < 1.29 is 4.79 Å². The topological polar surface area (TPSA) is 46.3 Å². The van der Waals surface area contributed by atoms with E-state index in [1.54, 1.807) is 14.1 Å². The van der Waals surface area contributed by atoms with Gasteiger partial charge in [-0.2, -0.15) is 0 Å². The summed E-state index contributed by atoms with van der Waals surface area (Å²) in [6.07, 6.45) is 0. The minimum Gasteiger partial charge on any atom is -0.347 e. The van der Waals surface area contributed by atoms with E-state index in [0.717, 1.165) is 5.56 Å². The van der Waals surface area contributed by atoms with Crippen LogP contribution in [0.25, 0.3) is 0 Å². The SMILES string of the molecule is CC.CC.CN(C)C(=O)C(N)c1ccccc1. The van der Waals surface area contributed by atoms with Gasteiger partial charge in [0, 0.05) is 14.1 Å². The molecular weight excluding hydrogens is 212 g/mol. The van der Waals surface area contributed by atoms with Gasteiger partial charge in [0.25, 0.3) is 0 Å². The number of amides is 1. The molecule has 0 aromatic heterocycles. The lowest BCUT2D eigenvalue weighted by atomic mass is 10.1. The molecule has 98 valence electrons. The van der Waals surface area contributed by atoms with Gasteiger partial charge in [-0.15, -0.1) is 0 Å². The zero-order chi connectivity index (χ0) is 13.8. The number of carbonyl (C=O) groups excluding carboxylic acids is 1. The lowest BCUT2D eigenvalue weighted by Gasteiger charge is -2.16. The molecule has 0 bridgehead atoms. The second-order valence-electron chi connectivity index (χ2n) is 3.12. The third-order valence-electron chi connectivity index (χ3n) is 1.87. The first kappa shape index (κ1) is 18.0. The summed E-state index contributed by atoms with van der Waals surface area (Å²) in [4.78, 5) is 12.9. The molecule has 1 unspecified atom stereocenters. The fourth-order valence-electron chi connectivity index (χ4n) is 1.08. The molecule has 1 aromatic rings. The van der Waals surface area contributed by atoms with Crippen LogP contribution in [-0.2, 0) is 4.79 Å². The molecule has 17 heavy (non-hydrogen) atoms. The standard InChI is InChI=1S/C10H14N2O.2C2H6/c1-12(2)10(13)9(11)8-6-4-3-5-7-8;2*1-2/h3-7,9H,11H2,1-2H3;2*1-2H3. The van der Waals surface area contributed by atoms with Crippen LogP contribution >= 0.6 is 0 Å². The largest absolute Gasteiger partial charge is 0.347 e. The number of likely N-dealkylation sites (N-methyl/N-ethyl adjacent to an activating group) is 1. The summed E-state index contributed by atoms with van der Waals surface area (Å²) in [5, 5.41) is 0. The third-order valence-corrected chi connectivity index (χ3v) is 1.87. The van der Waals surface area contributed by atoms with Crippen molar-refractivity contribution in [1.29, 1.82) is 0 Å². The van der Waals surface area contributed by atoms with Crippen LogP contribution in [-0.4, -0.2) is 24.9 Å². The summed E-state index contributed by atoms with van der Waals surface area (Å²) >= 11 is 0. The molecule has 0 spiro atoms.